The standard InChI is InChI=1S/C38H50O16/c1-10-19(2)31(45)34(46)53-33-32(51-18-39)30(20(3)38(47)26(42)13-24(37(33,38)8)23-11-12-49-16-23)36(7)25(14-28(43)48-9)35(6,17-50-21(4)40)54-29(44)15-27(36)52-22(5)41/h11-12,16,18-19,24-25,27,30-33,45,47H,3,10,13-15,17H2,1-2,4-9H3/t19-,24-,25+,27+,30+,31-,32-,33+,35-,36+,37-,38-/m1/s1. The Bertz CT molecular complexity index is 1650. The lowest BCUT2D eigenvalue weighted by Crippen LogP contribution is -2.72. The number of carbonyl (C=O) groups is 7. The summed E-state index contributed by atoms with van der Waals surface area (Å²) in [6, 6.07) is 1.56. The molecule has 54 heavy (non-hydrogen) atoms. The normalized spacial score (nSPS) is 36.1. The fraction of sp³-hybridized carbons (Fsp3) is 0.658. The van der Waals surface area contributed by atoms with E-state index in [-0.39, 0.29) is 18.5 Å². The second-order valence-electron chi connectivity index (χ2n) is 15.2. The molecule has 2 saturated carbocycles. The van der Waals surface area contributed by atoms with Gasteiger partial charge in [0.1, 0.15) is 30.5 Å². The van der Waals surface area contributed by atoms with Crippen molar-refractivity contribution in [2.24, 2.45) is 28.6 Å². The topological polar surface area (TPSA) is 228 Å². The number of methoxy groups -OCH3 is 1. The van der Waals surface area contributed by atoms with Crippen molar-refractivity contribution in [1.82, 2.24) is 0 Å². The quantitative estimate of drug-likeness (QED) is 0.127. The lowest BCUT2D eigenvalue weighted by molar-refractivity contribution is -0.239. The van der Waals surface area contributed by atoms with Crippen molar-refractivity contribution in [3.63, 3.8) is 0 Å². The molecule has 0 radical (unpaired) electrons. The van der Waals surface area contributed by atoms with Crippen LogP contribution in [0.4, 0.5) is 0 Å². The van der Waals surface area contributed by atoms with Crippen LogP contribution in [0.25, 0.3) is 0 Å². The van der Waals surface area contributed by atoms with Gasteiger partial charge >= 0.3 is 29.8 Å². The van der Waals surface area contributed by atoms with Gasteiger partial charge < -0.3 is 43.1 Å². The molecule has 1 aliphatic heterocycles. The lowest BCUT2D eigenvalue weighted by atomic mass is 9.46. The molecule has 2 aliphatic carbocycles. The van der Waals surface area contributed by atoms with E-state index in [1.54, 1.807) is 19.9 Å². The molecule has 16 nitrogen and oxygen atoms in total. The monoisotopic (exact) mass is 762 g/mol. The van der Waals surface area contributed by atoms with Crippen molar-refractivity contribution in [3.05, 3.63) is 36.3 Å². The summed E-state index contributed by atoms with van der Waals surface area (Å²) in [5.41, 5.74) is -8.16. The third-order valence-electron chi connectivity index (χ3n) is 12.2. The molecule has 3 fully saturated rings. The molecule has 0 amide bonds. The van der Waals surface area contributed by atoms with Crippen LogP contribution in [0, 0.1) is 28.6 Å². The molecule has 1 aromatic heterocycles. The van der Waals surface area contributed by atoms with E-state index in [0.29, 0.717) is 12.0 Å². The van der Waals surface area contributed by atoms with Gasteiger partial charge in [0, 0.05) is 43.4 Å². The molecule has 0 bridgehead atoms. The minimum absolute atomic E-state index is 0.0597. The molecule has 0 unspecified atom stereocenters. The summed E-state index contributed by atoms with van der Waals surface area (Å²) in [7, 11) is 1.10. The van der Waals surface area contributed by atoms with Crippen LogP contribution in [0.2, 0.25) is 0 Å². The second-order valence-corrected chi connectivity index (χ2v) is 15.2. The van der Waals surface area contributed by atoms with Crippen molar-refractivity contribution >= 4 is 42.1 Å². The summed E-state index contributed by atoms with van der Waals surface area (Å²) in [6.45, 7) is 13.5. The highest BCUT2D eigenvalue weighted by atomic mass is 16.6. The van der Waals surface area contributed by atoms with Gasteiger partial charge in [-0.05, 0) is 30.0 Å². The Morgan fingerprint density at radius 2 is 1.76 bits per heavy atom. The molecule has 1 saturated heterocycles. The van der Waals surface area contributed by atoms with E-state index in [1.165, 1.54) is 33.3 Å². The summed E-state index contributed by atoms with van der Waals surface area (Å²) in [4.78, 5) is 92.7. The van der Waals surface area contributed by atoms with E-state index < -0.39 is 125 Å². The summed E-state index contributed by atoms with van der Waals surface area (Å²) in [6.07, 6.45) is -5.26. The van der Waals surface area contributed by atoms with Gasteiger partial charge in [-0.2, -0.15) is 0 Å². The highest BCUT2D eigenvalue weighted by molar-refractivity contribution is 5.96. The van der Waals surface area contributed by atoms with Crippen molar-refractivity contribution < 1.29 is 76.6 Å². The smallest absolute Gasteiger partial charge is 0.335 e. The average Bonchev–Trinajstić information content (AvgIpc) is 3.70. The van der Waals surface area contributed by atoms with Gasteiger partial charge in [0.15, 0.2) is 17.5 Å². The van der Waals surface area contributed by atoms with Crippen LogP contribution in [0.5, 0.6) is 0 Å². The zero-order chi connectivity index (χ0) is 40.6. The van der Waals surface area contributed by atoms with Crippen molar-refractivity contribution in [1.29, 1.82) is 0 Å². The molecule has 2 N–H and O–H groups in total. The van der Waals surface area contributed by atoms with Gasteiger partial charge in [-0.25, -0.2) is 4.79 Å². The summed E-state index contributed by atoms with van der Waals surface area (Å²) >= 11 is 0. The first-order chi connectivity index (χ1) is 25.2. The Morgan fingerprint density at radius 1 is 1.09 bits per heavy atom. The third-order valence-corrected chi connectivity index (χ3v) is 12.2. The highest BCUT2D eigenvalue weighted by Gasteiger charge is 2.77. The van der Waals surface area contributed by atoms with Gasteiger partial charge in [0.05, 0.1) is 37.9 Å². The van der Waals surface area contributed by atoms with Gasteiger partial charge in [-0.1, -0.05) is 40.7 Å². The Morgan fingerprint density at radius 3 is 2.30 bits per heavy atom. The number of hydrogen-bond acceptors (Lipinski definition) is 16. The Hall–Kier alpha value is -4.57. The van der Waals surface area contributed by atoms with E-state index in [0.717, 1.165) is 21.0 Å². The number of esters is 5. The molecule has 16 heteroatoms. The molecule has 2 heterocycles. The number of ketones is 1. The number of rotatable bonds is 13. The molecule has 0 aromatic carbocycles. The maximum absolute atomic E-state index is 14.4. The predicted molar refractivity (Wildman–Crippen MR) is 183 cm³/mol. The van der Waals surface area contributed by atoms with E-state index in [2.05, 4.69) is 6.58 Å². The van der Waals surface area contributed by atoms with Crippen LogP contribution in [-0.2, 0) is 62.0 Å². The number of furan rings is 1. The zero-order valence-corrected chi connectivity index (χ0v) is 31.8. The van der Waals surface area contributed by atoms with E-state index in [9.17, 15) is 43.8 Å². The fourth-order valence-corrected chi connectivity index (χ4v) is 9.16. The van der Waals surface area contributed by atoms with Crippen molar-refractivity contribution in [2.75, 3.05) is 13.7 Å². The Kier molecular flexibility index (Phi) is 12.2. The Labute approximate surface area is 312 Å². The van der Waals surface area contributed by atoms with Gasteiger partial charge in [-0.15, -0.1) is 0 Å². The zero-order valence-electron chi connectivity index (χ0n) is 31.8. The lowest BCUT2D eigenvalue weighted by Gasteiger charge is -2.61. The summed E-state index contributed by atoms with van der Waals surface area (Å²) in [5.74, 6) is -9.90. The first kappa shape index (κ1) is 42.2. The molecule has 4 rings (SSSR count). The van der Waals surface area contributed by atoms with Crippen LogP contribution >= 0.6 is 0 Å². The number of Topliss-reactive ketones (excluding diaryl/α,β-unsaturated/α-hetero) is 1. The molecule has 1 aromatic rings. The molecular weight excluding hydrogens is 712 g/mol. The number of ether oxygens (including phenoxy) is 6. The van der Waals surface area contributed by atoms with Crippen LogP contribution in [0.3, 0.4) is 0 Å². The minimum atomic E-state index is -2.60. The number of carbonyl (C=O) groups excluding carboxylic acids is 7. The van der Waals surface area contributed by atoms with Crippen LogP contribution in [0.15, 0.2) is 35.2 Å². The van der Waals surface area contributed by atoms with Gasteiger partial charge in [0.2, 0.25) is 0 Å². The maximum atomic E-state index is 14.4. The number of fused-ring (bicyclic) bond motifs is 1. The minimum Gasteiger partial charge on any atom is -0.472 e. The van der Waals surface area contributed by atoms with Crippen LogP contribution in [-0.4, -0.2) is 102 Å². The first-order valence-corrected chi connectivity index (χ1v) is 17.7. The van der Waals surface area contributed by atoms with Crippen LogP contribution < -0.4 is 0 Å². The maximum Gasteiger partial charge on any atom is 0.335 e. The molecule has 12 atom stereocenters. The molecule has 298 valence electrons. The summed E-state index contributed by atoms with van der Waals surface area (Å²) in [5, 5.41) is 24.1. The largest absolute Gasteiger partial charge is 0.472 e. The molecular formula is C38H50O16. The number of aliphatic hydroxyl groups excluding tert-OH is 1. The first-order valence-electron chi connectivity index (χ1n) is 17.7. The van der Waals surface area contributed by atoms with E-state index in [4.69, 9.17) is 32.8 Å². The molecule has 3 aliphatic rings. The average molecular weight is 763 g/mol. The second kappa shape index (κ2) is 15.7. The van der Waals surface area contributed by atoms with Crippen molar-refractivity contribution in [3.8, 4) is 0 Å². The van der Waals surface area contributed by atoms with Gasteiger partial charge in [0.25, 0.3) is 6.47 Å². The highest BCUT2D eigenvalue weighted by Crippen LogP contribution is 2.68. The van der Waals surface area contributed by atoms with E-state index >= 15 is 0 Å². The number of cyclic esters (lactones) is 1. The predicted octanol–water partition coefficient (Wildman–Crippen LogP) is 2.51. The van der Waals surface area contributed by atoms with Crippen LogP contribution in [0.1, 0.15) is 85.6 Å². The summed E-state index contributed by atoms with van der Waals surface area (Å²) < 4.78 is 39.4. The van der Waals surface area contributed by atoms with E-state index in [1.807, 2.05) is 0 Å². The number of aliphatic hydroxyl groups is 2. The molecule has 0 spiro atoms. The van der Waals surface area contributed by atoms with Gasteiger partial charge in [-0.3, -0.25) is 28.8 Å². The fourth-order valence-electron chi connectivity index (χ4n) is 9.16. The van der Waals surface area contributed by atoms with Crippen molar-refractivity contribution in [2.45, 2.75) is 116 Å². The third kappa shape index (κ3) is 6.93. The SMILES string of the molecule is C=C1[C@H]([C@]2(C)[C@@H](OC(C)=O)CC(=O)O[C@](C)(COC(C)=O)[C@@H]2CC(=O)OC)[C@@H](OC=O)[C@H](OC(=O)[C@H](O)[C@H](C)CC)[C@@]2(C)[C@@H](c3ccoc3)CC(=O)[C@]12O. The Balaban J connectivity index is 2.13. The number of hydrogen-bond donors (Lipinski definition) is 2.